The summed E-state index contributed by atoms with van der Waals surface area (Å²) in [6.45, 7) is 4.40. The van der Waals surface area contributed by atoms with Gasteiger partial charge in [0, 0.05) is 18.7 Å². The van der Waals surface area contributed by atoms with Gasteiger partial charge in [-0.15, -0.1) is 0 Å². The van der Waals surface area contributed by atoms with E-state index in [-0.39, 0.29) is 34.7 Å². The molecule has 7 rings (SSSR count). The first-order valence-corrected chi connectivity index (χ1v) is 15.4. The van der Waals surface area contributed by atoms with Crippen LogP contribution in [0, 0.1) is 28.6 Å². The van der Waals surface area contributed by atoms with Crippen LogP contribution >= 0.6 is 23.1 Å². The number of carbonyl (C=O) groups is 1. The van der Waals surface area contributed by atoms with Crippen molar-refractivity contribution < 1.29 is 15.0 Å². The van der Waals surface area contributed by atoms with Crippen molar-refractivity contribution in [1.82, 2.24) is 19.7 Å². The van der Waals surface area contributed by atoms with Crippen molar-refractivity contribution in [3.8, 4) is 0 Å². The maximum atomic E-state index is 13.7. The van der Waals surface area contributed by atoms with E-state index in [1.165, 1.54) is 39.9 Å². The Balaban J connectivity index is 1.14. The van der Waals surface area contributed by atoms with Gasteiger partial charge in [-0.2, -0.15) is 5.10 Å². The number of ketones is 1. The Labute approximate surface area is 230 Å². The Kier molecular flexibility index (Phi) is 5.55. The highest BCUT2D eigenvalue weighted by Gasteiger charge is 2.68. The Morgan fingerprint density at radius 3 is 2.97 bits per heavy atom. The van der Waals surface area contributed by atoms with Gasteiger partial charge in [0.25, 0.3) is 0 Å². The number of hydrogen-bond donors (Lipinski definition) is 2. The predicted octanol–water partition coefficient (Wildman–Crippen LogP) is 4.67. The van der Waals surface area contributed by atoms with Crippen molar-refractivity contribution in [2.24, 2.45) is 35.6 Å². The lowest BCUT2D eigenvalue weighted by Gasteiger charge is -2.60. The third-order valence-electron chi connectivity index (χ3n) is 10.7. The van der Waals surface area contributed by atoms with Gasteiger partial charge in [0.2, 0.25) is 0 Å². The first-order valence-electron chi connectivity index (χ1n) is 13.6. The molecule has 5 unspecified atom stereocenters. The maximum Gasteiger partial charge on any atom is 0.175 e. The Bertz CT molecular complexity index is 1450. The van der Waals surface area contributed by atoms with Crippen LogP contribution in [-0.2, 0) is 18.3 Å². The summed E-state index contributed by atoms with van der Waals surface area (Å²) >= 11 is 2.87. The quantitative estimate of drug-likeness (QED) is 0.455. The number of rotatable bonds is 4. The molecule has 9 heteroatoms. The molecule has 0 bridgehead atoms. The minimum Gasteiger partial charge on any atom is -0.393 e. The minimum absolute atomic E-state index is 0.121. The summed E-state index contributed by atoms with van der Waals surface area (Å²) in [5, 5.41) is 28.3. The third-order valence-corrected chi connectivity index (χ3v) is 12.8. The molecule has 3 heterocycles. The van der Waals surface area contributed by atoms with Crippen LogP contribution in [0.5, 0.6) is 0 Å². The number of hydrogen-bond acceptors (Lipinski definition) is 8. The van der Waals surface area contributed by atoms with Crippen LogP contribution in [-0.4, -0.2) is 53.2 Å². The molecule has 0 saturated heterocycles. The lowest BCUT2D eigenvalue weighted by atomic mass is 9.45. The molecule has 0 amide bonds. The number of nitrogens with zero attached hydrogens (tertiary/aromatic N) is 4. The van der Waals surface area contributed by atoms with E-state index in [1.54, 1.807) is 6.20 Å². The molecular weight excluding hydrogens is 516 g/mol. The summed E-state index contributed by atoms with van der Waals surface area (Å²) in [6.07, 6.45) is 10.1. The number of aromatic nitrogens is 4. The second kappa shape index (κ2) is 8.46. The number of Topliss-reactive ketones (excluding diaryl/α,β-unsaturated/α-hetero) is 1. The van der Waals surface area contributed by atoms with E-state index >= 15 is 0 Å². The molecule has 7 atom stereocenters. The second-order valence-corrected chi connectivity index (χ2v) is 14.6. The van der Waals surface area contributed by atoms with Crippen LogP contribution in [0.2, 0.25) is 0 Å². The number of thioether (sulfide) groups is 1. The van der Waals surface area contributed by atoms with Crippen molar-refractivity contribution in [2.75, 3.05) is 5.75 Å². The van der Waals surface area contributed by atoms with E-state index in [2.05, 4.69) is 35.0 Å². The lowest BCUT2D eigenvalue weighted by molar-refractivity contribution is -0.177. The van der Waals surface area contributed by atoms with Gasteiger partial charge >= 0.3 is 0 Å². The van der Waals surface area contributed by atoms with Gasteiger partial charge in [-0.1, -0.05) is 42.5 Å². The maximum absolute atomic E-state index is 13.7. The first-order chi connectivity index (χ1) is 18.1. The van der Waals surface area contributed by atoms with Crippen LogP contribution < -0.4 is 0 Å². The number of carbonyl (C=O) groups excluding carboxylic acids is 1. The highest BCUT2D eigenvalue weighted by atomic mass is 32.2. The largest absolute Gasteiger partial charge is 0.393 e. The van der Waals surface area contributed by atoms with Crippen LogP contribution in [0.3, 0.4) is 0 Å². The van der Waals surface area contributed by atoms with Gasteiger partial charge in [0.05, 0.1) is 23.7 Å². The van der Waals surface area contributed by atoms with Crippen molar-refractivity contribution in [2.45, 2.75) is 68.4 Å². The normalized spacial score (nSPS) is 37.8. The third kappa shape index (κ3) is 3.34. The van der Waals surface area contributed by atoms with Crippen LogP contribution in [0.25, 0.3) is 16.4 Å². The van der Waals surface area contributed by atoms with Crippen LogP contribution in [0.15, 0.2) is 34.4 Å². The molecule has 3 saturated carbocycles. The Morgan fingerprint density at radius 2 is 2.16 bits per heavy atom. The summed E-state index contributed by atoms with van der Waals surface area (Å²) < 4.78 is 2.75. The Morgan fingerprint density at radius 1 is 1.32 bits per heavy atom. The summed E-state index contributed by atoms with van der Waals surface area (Å²) in [7, 11) is 1.99. The topological polar surface area (TPSA) is 101 Å². The fraction of sp³-hybridized carbons (Fsp3) is 0.586. The predicted molar refractivity (Wildman–Crippen MR) is 149 cm³/mol. The smallest absolute Gasteiger partial charge is 0.175 e. The van der Waals surface area contributed by atoms with Gasteiger partial charge in [0.1, 0.15) is 15.9 Å². The second-order valence-electron chi connectivity index (χ2n) is 12.4. The fourth-order valence-electron chi connectivity index (χ4n) is 8.84. The van der Waals surface area contributed by atoms with Gasteiger partial charge in [-0.3, -0.25) is 9.48 Å². The molecule has 4 aliphatic rings. The van der Waals surface area contributed by atoms with Gasteiger partial charge in [-0.05, 0) is 85.5 Å². The first kappa shape index (κ1) is 24.9. The standard InChI is InChI=1S/C29H34N4O3S2/c1-27-12-16-14-31-33(3)21(16)11-17(27)6-7-18-19-8-9-29(36,28(19,2)13-22(34)24(18)27)23(35)15-37-26-32-20-5-4-10-30-25(20)38-26/h4-5,10-11,14,18-19,22,24,34,36H,6-9,12-13,15H2,1-3H3/t18?,19?,22-,24?,27?,28?,29-/m0/s1. The summed E-state index contributed by atoms with van der Waals surface area (Å²) in [5.41, 5.74) is 2.51. The molecule has 38 heavy (non-hydrogen) atoms. The number of pyridine rings is 1. The fourth-order valence-corrected chi connectivity index (χ4v) is 10.8. The Hall–Kier alpha value is -2.07. The average molecular weight is 551 g/mol. The van der Waals surface area contributed by atoms with Crippen LogP contribution in [0.1, 0.15) is 57.2 Å². The lowest BCUT2D eigenvalue weighted by Crippen LogP contribution is -2.62. The highest BCUT2D eigenvalue weighted by molar-refractivity contribution is 8.01. The molecule has 3 aromatic heterocycles. The zero-order chi connectivity index (χ0) is 26.4. The van der Waals surface area contributed by atoms with E-state index in [0.717, 1.165) is 40.4 Å². The van der Waals surface area contributed by atoms with E-state index < -0.39 is 17.1 Å². The molecule has 0 aromatic carbocycles. The number of aliphatic hydroxyl groups is 2. The van der Waals surface area contributed by atoms with E-state index in [9.17, 15) is 15.0 Å². The number of aryl methyl sites for hydroxylation is 1. The molecule has 0 aliphatic heterocycles. The summed E-state index contributed by atoms with van der Waals surface area (Å²) in [6, 6.07) is 3.78. The van der Waals surface area contributed by atoms with Gasteiger partial charge < -0.3 is 10.2 Å². The molecule has 4 aliphatic carbocycles. The average Bonchev–Trinajstić information content (AvgIpc) is 3.54. The van der Waals surface area contributed by atoms with Crippen molar-refractivity contribution in [1.29, 1.82) is 0 Å². The summed E-state index contributed by atoms with van der Waals surface area (Å²) in [5.74, 6) is 0.669. The zero-order valence-corrected chi connectivity index (χ0v) is 23.7. The summed E-state index contributed by atoms with van der Waals surface area (Å²) in [4.78, 5) is 23.5. The van der Waals surface area contributed by atoms with Gasteiger partial charge in [-0.25, -0.2) is 9.97 Å². The molecule has 7 nitrogen and oxygen atoms in total. The molecule has 0 radical (unpaired) electrons. The van der Waals surface area contributed by atoms with Crippen molar-refractivity contribution in [3.63, 3.8) is 0 Å². The molecule has 200 valence electrons. The van der Waals surface area contributed by atoms with Gasteiger partial charge in [0.15, 0.2) is 10.1 Å². The van der Waals surface area contributed by atoms with Crippen molar-refractivity contribution in [3.05, 3.63) is 41.4 Å². The molecular formula is C29H34N4O3S2. The molecule has 3 fully saturated rings. The SMILES string of the molecule is Cn1ncc2c1C=C1CCC3C([C@@H](O)CC4(C)C3CC[C@]4(O)C(=O)CSc3nc4cccnc4s3)C1(C)C2. The number of fused-ring (bicyclic) bond motifs is 7. The number of allylic oxidation sites excluding steroid dienone is 1. The highest BCUT2D eigenvalue weighted by Crippen LogP contribution is 2.67. The van der Waals surface area contributed by atoms with E-state index in [0.29, 0.717) is 12.8 Å². The number of aliphatic hydroxyl groups excluding tert-OH is 1. The minimum atomic E-state index is -1.42. The molecule has 0 spiro atoms. The number of thiazole rings is 1. The van der Waals surface area contributed by atoms with Crippen molar-refractivity contribution >= 4 is 45.3 Å². The zero-order valence-electron chi connectivity index (χ0n) is 22.1. The van der Waals surface area contributed by atoms with E-state index in [4.69, 9.17) is 0 Å². The molecule has 3 aromatic rings. The monoisotopic (exact) mass is 550 g/mol. The van der Waals surface area contributed by atoms with E-state index in [1.807, 2.05) is 30.1 Å². The van der Waals surface area contributed by atoms with Crippen LogP contribution in [0.4, 0.5) is 0 Å². The molecule has 2 N–H and O–H groups in total.